The second-order valence-electron chi connectivity index (χ2n) is 4.13. The van der Waals surface area contributed by atoms with Crippen molar-refractivity contribution < 1.29 is 0 Å². The van der Waals surface area contributed by atoms with E-state index in [-0.39, 0.29) is 0 Å². The lowest BCUT2D eigenvalue weighted by Gasteiger charge is -2.21. The molecule has 0 aromatic heterocycles. The predicted molar refractivity (Wildman–Crippen MR) is 53.0 cm³/mol. The highest BCUT2D eigenvalue weighted by Gasteiger charge is 2.14. The van der Waals surface area contributed by atoms with Crippen molar-refractivity contribution in [3.63, 3.8) is 0 Å². The van der Waals surface area contributed by atoms with Crippen molar-refractivity contribution in [2.45, 2.75) is 44.9 Å². The molecule has 0 N–H and O–H groups in total. The van der Waals surface area contributed by atoms with Gasteiger partial charge in [0.25, 0.3) is 0 Å². The Morgan fingerprint density at radius 2 is 2.00 bits per heavy atom. The van der Waals surface area contributed by atoms with E-state index in [2.05, 4.69) is 18.2 Å². The van der Waals surface area contributed by atoms with Crippen LogP contribution in [-0.4, -0.2) is 0 Å². The third kappa shape index (κ3) is 2.00. The van der Waals surface area contributed by atoms with E-state index in [9.17, 15) is 0 Å². The van der Waals surface area contributed by atoms with Gasteiger partial charge in [-0.15, -0.1) is 0 Å². The van der Waals surface area contributed by atoms with Crippen molar-refractivity contribution in [1.82, 2.24) is 0 Å². The molecule has 2 aliphatic carbocycles. The maximum absolute atomic E-state index is 2.38. The zero-order valence-corrected chi connectivity index (χ0v) is 7.76. The predicted octanol–water partition coefficient (Wildman–Crippen LogP) is 3.84. The first-order valence-electron chi connectivity index (χ1n) is 5.31. The van der Waals surface area contributed by atoms with Crippen molar-refractivity contribution in [3.05, 3.63) is 23.8 Å². The average molecular weight is 162 g/mol. The molecule has 0 saturated heterocycles. The van der Waals surface area contributed by atoms with E-state index >= 15 is 0 Å². The Balaban J connectivity index is 1.81. The summed E-state index contributed by atoms with van der Waals surface area (Å²) in [6, 6.07) is 0. The highest BCUT2D eigenvalue weighted by molar-refractivity contribution is 5.26. The molecular formula is C12H18. The smallest absolute Gasteiger partial charge is 0.0160 e. The fourth-order valence-corrected chi connectivity index (χ4v) is 2.38. The van der Waals surface area contributed by atoms with Crippen LogP contribution in [0.2, 0.25) is 0 Å². The monoisotopic (exact) mass is 162 g/mol. The molecule has 1 fully saturated rings. The molecule has 0 radical (unpaired) electrons. The highest BCUT2D eigenvalue weighted by Crippen LogP contribution is 2.30. The molecule has 0 unspecified atom stereocenters. The first-order chi connectivity index (χ1) is 5.95. The third-order valence-corrected chi connectivity index (χ3v) is 3.10. The summed E-state index contributed by atoms with van der Waals surface area (Å²) in [7, 11) is 0. The van der Waals surface area contributed by atoms with Crippen LogP contribution in [0, 0.1) is 5.92 Å². The molecule has 12 heavy (non-hydrogen) atoms. The Kier molecular flexibility index (Phi) is 2.65. The first kappa shape index (κ1) is 8.10. The average Bonchev–Trinajstić information content (AvgIpc) is 2.59. The Morgan fingerprint density at radius 3 is 2.67 bits per heavy atom. The van der Waals surface area contributed by atoms with Crippen molar-refractivity contribution in [2.75, 3.05) is 0 Å². The summed E-state index contributed by atoms with van der Waals surface area (Å²) in [6.07, 6.45) is 16.9. The second kappa shape index (κ2) is 3.93. The fourth-order valence-electron chi connectivity index (χ4n) is 2.38. The Bertz CT molecular complexity index is 192. The van der Waals surface area contributed by atoms with E-state index < -0.39 is 0 Å². The number of allylic oxidation sites excluding steroid dienone is 4. The van der Waals surface area contributed by atoms with E-state index in [4.69, 9.17) is 0 Å². The maximum Gasteiger partial charge on any atom is -0.0160 e. The van der Waals surface area contributed by atoms with Gasteiger partial charge < -0.3 is 0 Å². The van der Waals surface area contributed by atoms with Crippen LogP contribution in [0.1, 0.15) is 44.9 Å². The van der Waals surface area contributed by atoms with E-state index in [1.807, 2.05) is 0 Å². The van der Waals surface area contributed by atoms with Gasteiger partial charge in [0.2, 0.25) is 0 Å². The molecule has 1 saturated carbocycles. The number of rotatable bonds is 2. The van der Waals surface area contributed by atoms with Gasteiger partial charge in [0, 0.05) is 0 Å². The topological polar surface area (TPSA) is 0 Å². The molecule has 0 spiro atoms. The molecule has 2 aliphatic rings. The minimum absolute atomic E-state index is 1.01. The molecule has 0 nitrogen and oxygen atoms in total. The lowest BCUT2D eigenvalue weighted by atomic mass is 9.85. The summed E-state index contributed by atoms with van der Waals surface area (Å²) in [5.41, 5.74) is 1.60. The van der Waals surface area contributed by atoms with Crippen LogP contribution in [0.15, 0.2) is 23.8 Å². The lowest BCUT2D eigenvalue weighted by molar-refractivity contribution is 0.358. The van der Waals surface area contributed by atoms with Gasteiger partial charge in [0.05, 0.1) is 0 Å². The minimum atomic E-state index is 1.01. The zero-order chi connectivity index (χ0) is 8.23. The standard InChI is InChI=1S/C12H18/c1-2-6-11(7-3-1)10-12-8-4-5-9-12/h4,8-9,11H,1-3,5-7,10H2. The van der Waals surface area contributed by atoms with Crippen LogP contribution in [0.5, 0.6) is 0 Å². The fraction of sp³-hybridized carbons (Fsp3) is 0.667. The summed E-state index contributed by atoms with van der Waals surface area (Å²) < 4.78 is 0. The third-order valence-electron chi connectivity index (χ3n) is 3.10. The molecule has 0 bridgehead atoms. The molecular weight excluding hydrogens is 144 g/mol. The Morgan fingerprint density at radius 1 is 1.17 bits per heavy atom. The van der Waals surface area contributed by atoms with Crippen LogP contribution in [0.4, 0.5) is 0 Å². The summed E-state index contributed by atoms with van der Waals surface area (Å²) in [4.78, 5) is 0. The molecule has 0 heteroatoms. The van der Waals surface area contributed by atoms with Gasteiger partial charge in [-0.3, -0.25) is 0 Å². The van der Waals surface area contributed by atoms with Gasteiger partial charge in [-0.25, -0.2) is 0 Å². The molecule has 0 atom stereocenters. The molecule has 0 aliphatic heterocycles. The number of hydrogen-bond donors (Lipinski definition) is 0. The second-order valence-corrected chi connectivity index (χ2v) is 4.13. The minimum Gasteiger partial charge on any atom is -0.0805 e. The summed E-state index contributed by atoms with van der Waals surface area (Å²) in [6.45, 7) is 0. The van der Waals surface area contributed by atoms with Gasteiger partial charge >= 0.3 is 0 Å². The molecule has 0 amide bonds. The molecule has 0 aromatic rings. The van der Waals surface area contributed by atoms with Gasteiger partial charge in [-0.05, 0) is 18.8 Å². The quantitative estimate of drug-likeness (QED) is 0.578. The van der Waals surface area contributed by atoms with Gasteiger partial charge in [0.1, 0.15) is 0 Å². The normalized spacial score (nSPS) is 24.5. The first-order valence-corrected chi connectivity index (χ1v) is 5.31. The van der Waals surface area contributed by atoms with Crippen molar-refractivity contribution in [2.24, 2.45) is 5.92 Å². The van der Waals surface area contributed by atoms with E-state index in [1.54, 1.807) is 5.57 Å². The van der Waals surface area contributed by atoms with Gasteiger partial charge in [-0.2, -0.15) is 0 Å². The van der Waals surface area contributed by atoms with Crippen LogP contribution >= 0.6 is 0 Å². The van der Waals surface area contributed by atoms with E-state index in [0.29, 0.717) is 0 Å². The summed E-state index contributed by atoms with van der Waals surface area (Å²) in [5.74, 6) is 1.01. The summed E-state index contributed by atoms with van der Waals surface area (Å²) >= 11 is 0. The molecule has 66 valence electrons. The zero-order valence-electron chi connectivity index (χ0n) is 7.76. The van der Waals surface area contributed by atoms with Gasteiger partial charge in [-0.1, -0.05) is 55.9 Å². The van der Waals surface area contributed by atoms with E-state index in [0.717, 1.165) is 5.92 Å². The Labute approximate surface area is 75.4 Å². The van der Waals surface area contributed by atoms with Crippen molar-refractivity contribution >= 4 is 0 Å². The largest absolute Gasteiger partial charge is 0.0805 e. The SMILES string of the molecule is C1=CC(CC2CCCCC2)=CC1. The highest BCUT2D eigenvalue weighted by atomic mass is 14.2. The Hall–Kier alpha value is -0.520. The lowest BCUT2D eigenvalue weighted by Crippen LogP contribution is -2.06. The molecule has 0 heterocycles. The van der Waals surface area contributed by atoms with E-state index in [1.165, 1.54) is 44.9 Å². The maximum atomic E-state index is 2.38. The van der Waals surface area contributed by atoms with Crippen LogP contribution in [0.25, 0.3) is 0 Å². The molecule has 0 aromatic carbocycles. The van der Waals surface area contributed by atoms with Crippen molar-refractivity contribution in [1.29, 1.82) is 0 Å². The van der Waals surface area contributed by atoms with Crippen LogP contribution in [0.3, 0.4) is 0 Å². The van der Waals surface area contributed by atoms with Gasteiger partial charge in [0.15, 0.2) is 0 Å². The molecule has 2 rings (SSSR count). The van der Waals surface area contributed by atoms with Crippen LogP contribution in [-0.2, 0) is 0 Å². The number of hydrogen-bond acceptors (Lipinski definition) is 0. The summed E-state index contributed by atoms with van der Waals surface area (Å²) in [5, 5.41) is 0. The van der Waals surface area contributed by atoms with Crippen molar-refractivity contribution in [3.8, 4) is 0 Å². The van der Waals surface area contributed by atoms with Crippen LogP contribution < -0.4 is 0 Å².